The summed E-state index contributed by atoms with van der Waals surface area (Å²) in [4.78, 5) is 17.3. The average Bonchev–Trinajstić information content (AvgIpc) is 3.41. The number of benzene rings is 1. The summed E-state index contributed by atoms with van der Waals surface area (Å²) in [5.41, 5.74) is 1.02. The molecular formula is C22H28N6OS. The Bertz CT molecular complexity index is 975. The maximum absolute atomic E-state index is 12.5. The summed E-state index contributed by atoms with van der Waals surface area (Å²) in [7, 11) is 0. The van der Waals surface area contributed by atoms with E-state index in [1.165, 1.54) is 31.0 Å². The Hall–Kier alpha value is -2.61. The Balaban J connectivity index is 1.48. The molecule has 2 heterocycles. The molecule has 0 aliphatic heterocycles. The van der Waals surface area contributed by atoms with Crippen molar-refractivity contribution in [3.8, 4) is 5.69 Å². The summed E-state index contributed by atoms with van der Waals surface area (Å²) in [5.74, 6) is 2.32. The molecule has 30 heavy (non-hydrogen) atoms. The topological polar surface area (TPSA) is 77.6 Å². The van der Waals surface area contributed by atoms with E-state index < -0.39 is 0 Å². The van der Waals surface area contributed by atoms with Crippen LogP contribution in [0.5, 0.6) is 0 Å². The normalized spacial score (nSPS) is 14.9. The summed E-state index contributed by atoms with van der Waals surface area (Å²) >= 11 is 1.37. The van der Waals surface area contributed by atoms with Crippen LogP contribution in [0.15, 0.2) is 47.8 Å². The monoisotopic (exact) mass is 424 g/mol. The van der Waals surface area contributed by atoms with Gasteiger partial charge in [0.05, 0.1) is 17.6 Å². The molecule has 1 N–H and O–H groups in total. The molecule has 0 radical (unpaired) electrons. The number of rotatable bonds is 7. The fourth-order valence-electron chi connectivity index (χ4n) is 3.88. The highest BCUT2D eigenvalue weighted by Gasteiger charge is 2.24. The van der Waals surface area contributed by atoms with Crippen molar-refractivity contribution < 1.29 is 4.79 Å². The molecular weight excluding hydrogens is 396 g/mol. The predicted octanol–water partition coefficient (Wildman–Crippen LogP) is 4.82. The molecule has 1 aromatic carbocycles. The van der Waals surface area contributed by atoms with Crippen LogP contribution in [0.1, 0.15) is 63.7 Å². The first-order chi connectivity index (χ1) is 14.6. The number of hydrogen-bond donors (Lipinski definition) is 1. The van der Waals surface area contributed by atoms with Crippen molar-refractivity contribution in [2.24, 2.45) is 0 Å². The molecule has 1 aliphatic carbocycles. The quantitative estimate of drug-likeness (QED) is 0.550. The van der Waals surface area contributed by atoms with Crippen LogP contribution in [-0.2, 0) is 4.79 Å². The summed E-state index contributed by atoms with van der Waals surface area (Å²) in [6, 6.07) is 12.1. The van der Waals surface area contributed by atoms with Gasteiger partial charge in [0, 0.05) is 18.0 Å². The first-order valence-corrected chi connectivity index (χ1v) is 11.6. The van der Waals surface area contributed by atoms with Crippen molar-refractivity contribution in [3.63, 3.8) is 0 Å². The zero-order chi connectivity index (χ0) is 20.9. The molecule has 4 rings (SSSR count). The van der Waals surface area contributed by atoms with Crippen LogP contribution < -0.4 is 5.32 Å². The van der Waals surface area contributed by atoms with E-state index in [4.69, 9.17) is 10.1 Å². The number of anilines is 1. The van der Waals surface area contributed by atoms with Gasteiger partial charge in [0.25, 0.3) is 0 Å². The number of thioether (sulfide) groups is 1. The zero-order valence-electron chi connectivity index (χ0n) is 17.5. The highest BCUT2D eigenvalue weighted by atomic mass is 32.2. The lowest BCUT2D eigenvalue weighted by Gasteiger charge is -2.21. The number of nitrogens with zero attached hydrogens (tertiary/aromatic N) is 5. The molecule has 1 aliphatic rings. The molecule has 0 atom stereocenters. The minimum atomic E-state index is -0.0855. The van der Waals surface area contributed by atoms with Crippen molar-refractivity contribution in [2.45, 2.75) is 63.1 Å². The van der Waals surface area contributed by atoms with E-state index in [-0.39, 0.29) is 17.7 Å². The maximum atomic E-state index is 12.5. The van der Waals surface area contributed by atoms with Crippen LogP contribution in [0.2, 0.25) is 0 Å². The van der Waals surface area contributed by atoms with E-state index in [1.54, 1.807) is 10.9 Å². The van der Waals surface area contributed by atoms with Crippen molar-refractivity contribution in [1.29, 1.82) is 0 Å². The number of aromatic nitrogens is 5. The van der Waals surface area contributed by atoms with Crippen LogP contribution in [0.4, 0.5) is 5.82 Å². The third-order valence-electron chi connectivity index (χ3n) is 5.34. The number of carbonyl (C=O) groups excluding carboxylic acids is 1. The Morgan fingerprint density at radius 3 is 2.67 bits per heavy atom. The van der Waals surface area contributed by atoms with Gasteiger partial charge in [-0.05, 0) is 38.8 Å². The van der Waals surface area contributed by atoms with Gasteiger partial charge < -0.3 is 5.32 Å². The van der Waals surface area contributed by atoms with Gasteiger partial charge in [0.15, 0.2) is 0 Å². The van der Waals surface area contributed by atoms with Gasteiger partial charge >= 0.3 is 0 Å². The van der Waals surface area contributed by atoms with Gasteiger partial charge in [-0.2, -0.15) is 5.10 Å². The molecule has 8 heteroatoms. The number of nitrogens with one attached hydrogen (secondary N) is 1. The first kappa shape index (κ1) is 20.7. The van der Waals surface area contributed by atoms with E-state index in [0.717, 1.165) is 24.4 Å². The van der Waals surface area contributed by atoms with Crippen molar-refractivity contribution in [3.05, 3.63) is 48.4 Å². The minimum absolute atomic E-state index is 0.0855. The van der Waals surface area contributed by atoms with Gasteiger partial charge in [-0.15, -0.1) is 5.10 Å². The molecule has 0 unspecified atom stereocenters. The summed E-state index contributed by atoms with van der Waals surface area (Å²) in [6.45, 7) is 4.06. The Morgan fingerprint density at radius 1 is 1.17 bits per heavy atom. The standard InChI is InChI=1S/C22H28N6OS/c1-16(2)27-19(13-14-23-27)24-20(29)15-30-22-25-21(17-9-5-3-6-10-17)28(26-22)18-11-7-4-8-12-18/h4,7-8,11-14,16-17H,3,5-6,9-10,15H2,1-2H3,(H,24,29). The molecule has 7 nitrogen and oxygen atoms in total. The van der Waals surface area contributed by atoms with Gasteiger partial charge in [0.2, 0.25) is 11.1 Å². The lowest BCUT2D eigenvalue weighted by Crippen LogP contribution is -2.18. The molecule has 1 fully saturated rings. The average molecular weight is 425 g/mol. The van der Waals surface area contributed by atoms with Crippen molar-refractivity contribution >= 4 is 23.5 Å². The molecule has 2 aromatic heterocycles. The highest BCUT2D eigenvalue weighted by Crippen LogP contribution is 2.33. The fourth-order valence-corrected chi connectivity index (χ4v) is 4.51. The zero-order valence-corrected chi connectivity index (χ0v) is 18.3. The predicted molar refractivity (Wildman–Crippen MR) is 119 cm³/mol. The second-order valence-corrected chi connectivity index (χ2v) is 8.87. The van der Waals surface area contributed by atoms with Gasteiger partial charge in [-0.1, -0.05) is 49.2 Å². The van der Waals surface area contributed by atoms with Crippen LogP contribution >= 0.6 is 11.8 Å². The van der Waals surface area contributed by atoms with Crippen LogP contribution in [0.3, 0.4) is 0 Å². The second-order valence-electron chi connectivity index (χ2n) is 7.93. The van der Waals surface area contributed by atoms with Gasteiger partial charge in [0.1, 0.15) is 11.6 Å². The van der Waals surface area contributed by atoms with Crippen LogP contribution in [-0.4, -0.2) is 36.2 Å². The molecule has 158 valence electrons. The number of hydrogen-bond acceptors (Lipinski definition) is 5. The third kappa shape index (κ3) is 4.75. The van der Waals surface area contributed by atoms with Gasteiger partial charge in [-0.3, -0.25) is 4.79 Å². The van der Waals surface area contributed by atoms with E-state index in [9.17, 15) is 4.79 Å². The van der Waals surface area contributed by atoms with E-state index >= 15 is 0 Å². The van der Waals surface area contributed by atoms with Crippen LogP contribution in [0.25, 0.3) is 5.69 Å². The molecule has 0 bridgehead atoms. The van der Waals surface area contributed by atoms with E-state index in [0.29, 0.717) is 16.9 Å². The lowest BCUT2D eigenvalue weighted by atomic mass is 9.88. The van der Waals surface area contributed by atoms with E-state index in [1.807, 2.05) is 42.8 Å². The smallest absolute Gasteiger partial charge is 0.235 e. The third-order valence-corrected chi connectivity index (χ3v) is 6.18. The number of carbonyl (C=O) groups is 1. The van der Waals surface area contributed by atoms with Crippen molar-refractivity contribution in [2.75, 3.05) is 11.1 Å². The maximum Gasteiger partial charge on any atom is 0.235 e. The first-order valence-electron chi connectivity index (χ1n) is 10.6. The summed E-state index contributed by atoms with van der Waals surface area (Å²) in [6.07, 6.45) is 7.76. The van der Waals surface area contributed by atoms with Gasteiger partial charge in [-0.25, -0.2) is 14.3 Å². The molecule has 1 saturated carbocycles. The molecule has 0 saturated heterocycles. The summed E-state index contributed by atoms with van der Waals surface area (Å²) in [5, 5.41) is 12.6. The van der Waals surface area contributed by atoms with E-state index in [2.05, 4.69) is 22.5 Å². The summed E-state index contributed by atoms with van der Waals surface area (Å²) < 4.78 is 3.76. The molecule has 3 aromatic rings. The molecule has 0 spiro atoms. The number of amides is 1. The fraction of sp³-hybridized carbons (Fsp3) is 0.455. The highest BCUT2D eigenvalue weighted by molar-refractivity contribution is 7.99. The second kappa shape index (κ2) is 9.47. The Kier molecular flexibility index (Phi) is 6.52. The largest absolute Gasteiger partial charge is 0.310 e. The Morgan fingerprint density at radius 2 is 1.93 bits per heavy atom. The van der Waals surface area contributed by atoms with Crippen LogP contribution in [0, 0.1) is 0 Å². The minimum Gasteiger partial charge on any atom is -0.310 e. The molecule has 1 amide bonds. The lowest BCUT2D eigenvalue weighted by molar-refractivity contribution is -0.113. The van der Waals surface area contributed by atoms with Crippen molar-refractivity contribution in [1.82, 2.24) is 24.5 Å². The number of para-hydroxylation sites is 1. The SMILES string of the molecule is CC(C)n1nccc1NC(=O)CSc1nc(C2CCCCC2)n(-c2ccccc2)n1. The Labute approximate surface area is 181 Å².